The summed E-state index contributed by atoms with van der Waals surface area (Å²) in [6.45, 7) is 6.16. The highest BCUT2D eigenvalue weighted by Crippen LogP contribution is 2.33. The highest BCUT2D eigenvalue weighted by Gasteiger charge is 2.14. The summed E-state index contributed by atoms with van der Waals surface area (Å²) < 4.78 is 6.75. The number of benzene rings is 2. The Morgan fingerprint density at radius 1 is 1.05 bits per heavy atom. The summed E-state index contributed by atoms with van der Waals surface area (Å²) >= 11 is 3.61. The quantitative estimate of drug-likeness (QED) is 0.632. The molecule has 2 aromatic carbocycles. The maximum absolute atomic E-state index is 5.63. The summed E-state index contributed by atoms with van der Waals surface area (Å²) in [6, 6.07) is 14.9. The van der Waals surface area contributed by atoms with Crippen LogP contribution in [0.1, 0.15) is 30.0 Å². The van der Waals surface area contributed by atoms with Gasteiger partial charge >= 0.3 is 0 Å². The first-order chi connectivity index (χ1) is 10.1. The summed E-state index contributed by atoms with van der Waals surface area (Å²) in [4.78, 5) is 0. The van der Waals surface area contributed by atoms with Crippen LogP contribution < -0.4 is 5.32 Å². The molecule has 0 saturated heterocycles. The molecule has 0 aliphatic heterocycles. The van der Waals surface area contributed by atoms with Gasteiger partial charge < -0.3 is 9.73 Å². The maximum Gasteiger partial charge on any atom is 0.106 e. The van der Waals surface area contributed by atoms with Crippen molar-refractivity contribution in [3.63, 3.8) is 0 Å². The van der Waals surface area contributed by atoms with Crippen LogP contribution in [0.2, 0.25) is 0 Å². The summed E-state index contributed by atoms with van der Waals surface area (Å²) in [5.41, 5.74) is 2.35. The van der Waals surface area contributed by atoms with Crippen LogP contribution in [0.5, 0.6) is 0 Å². The number of aryl methyl sites for hydroxylation is 2. The van der Waals surface area contributed by atoms with E-state index >= 15 is 0 Å². The molecule has 0 spiro atoms. The van der Waals surface area contributed by atoms with E-state index in [9.17, 15) is 0 Å². The Balaban J connectivity index is 1.99. The van der Waals surface area contributed by atoms with Crippen LogP contribution in [0.3, 0.4) is 0 Å². The number of halogens is 1. The number of anilines is 1. The molecule has 3 aromatic rings. The molecule has 1 atom stereocenters. The second-order valence-electron chi connectivity index (χ2n) is 5.38. The number of rotatable bonds is 3. The third-order valence-corrected chi connectivity index (χ3v) is 4.48. The SMILES string of the molecule is Cc1cc(C(C)Nc2ccc(Br)c3ccccc23)c(C)o1. The van der Waals surface area contributed by atoms with Gasteiger partial charge in [0.1, 0.15) is 11.5 Å². The van der Waals surface area contributed by atoms with Gasteiger partial charge in [0.25, 0.3) is 0 Å². The van der Waals surface area contributed by atoms with Gasteiger partial charge in [-0.1, -0.05) is 40.2 Å². The van der Waals surface area contributed by atoms with Crippen molar-refractivity contribution in [3.8, 4) is 0 Å². The highest BCUT2D eigenvalue weighted by molar-refractivity contribution is 9.10. The van der Waals surface area contributed by atoms with Gasteiger partial charge in [0.05, 0.1) is 6.04 Å². The van der Waals surface area contributed by atoms with Crippen LogP contribution in [-0.2, 0) is 0 Å². The van der Waals surface area contributed by atoms with Crippen LogP contribution >= 0.6 is 15.9 Å². The molecule has 3 heteroatoms. The molecule has 1 heterocycles. The van der Waals surface area contributed by atoms with E-state index in [0.29, 0.717) is 0 Å². The Kier molecular flexibility index (Phi) is 3.77. The predicted octanol–water partition coefficient (Wildman–Crippen LogP) is 5.99. The van der Waals surface area contributed by atoms with E-state index in [4.69, 9.17) is 4.42 Å². The van der Waals surface area contributed by atoms with Crippen molar-refractivity contribution < 1.29 is 4.42 Å². The molecule has 0 saturated carbocycles. The lowest BCUT2D eigenvalue weighted by molar-refractivity contribution is 0.500. The van der Waals surface area contributed by atoms with Gasteiger partial charge in [-0.05, 0) is 44.4 Å². The maximum atomic E-state index is 5.63. The van der Waals surface area contributed by atoms with Crippen molar-refractivity contribution in [2.75, 3.05) is 5.32 Å². The monoisotopic (exact) mass is 343 g/mol. The van der Waals surface area contributed by atoms with Crippen molar-refractivity contribution in [2.45, 2.75) is 26.8 Å². The highest BCUT2D eigenvalue weighted by atomic mass is 79.9. The van der Waals surface area contributed by atoms with Crippen LogP contribution in [0, 0.1) is 13.8 Å². The number of nitrogens with one attached hydrogen (secondary N) is 1. The molecule has 1 aromatic heterocycles. The van der Waals surface area contributed by atoms with E-state index in [-0.39, 0.29) is 6.04 Å². The molecule has 3 rings (SSSR count). The Morgan fingerprint density at radius 2 is 1.76 bits per heavy atom. The van der Waals surface area contributed by atoms with Gasteiger partial charge in [0.15, 0.2) is 0 Å². The van der Waals surface area contributed by atoms with Crippen LogP contribution in [0.25, 0.3) is 10.8 Å². The average molecular weight is 344 g/mol. The molecule has 21 heavy (non-hydrogen) atoms. The van der Waals surface area contributed by atoms with Crippen molar-refractivity contribution in [1.82, 2.24) is 0 Å². The van der Waals surface area contributed by atoms with Crippen LogP contribution in [0.4, 0.5) is 5.69 Å². The molecule has 0 aliphatic rings. The molecule has 2 nitrogen and oxygen atoms in total. The Hall–Kier alpha value is -1.74. The second-order valence-corrected chi connectivity index (χ2v) is 6.23. The Bertz CT molecular complexity index is 791. The fourth-order valence-electron chi connectivity index (χ4n) is 2.78. The summed E-state index contributed by atoms with van der Waals surface area (Å²) in [5, 5.41) is 6.04. The van der Waals surface area contributed by atoms with E-state index in [1.54, 1.807) is 0 Å². The zero-order chi connectivity index (χ0) is 15.0. The minimum atomic E-state index is 0.201. The predicted molar refractivity (Wildman–Crippen MR) is 91.9 cm³/mol. The molecule has 0 amide bonds. The topological polar surface area (TPSA) is 25.2 Å². The molecule has 1 unspecified atom stereocenters. The smallest absolute Gasteiger partial charge is 0.106 e. The minimum absolute atomic E-state index is 0.201. The second kappa shape index (κ2) is 5.57. The van der Waals surface area contributed by atoms with Gasteiger partial charge in [0.2, 0.25) is 0 Å². The lowest BCUT2D eigenvalue weighted by atomic mass is 10.1. The Labute approximate surface area is 133 Å². The number of hydrogen-bond acceptors (Lipinski definition) is 2. The molecule has 0 bridgehead atoms. The van der Waals surface area contributed by atoms with E-state index in [0.717, 1.165) is 21.7 Å². The number of furan rings is 1. The molecule has 0 fully saturated rings. The molecule has 108 valence electrons. The largest absolute Gasteiger partial charge is 0.466 e. The molecular weight excluding hydrogens is 326 g/mol. The zero-order valence-corrected chi connectivity index (χ0v) is 14.0. The number of fused-ring (bicyclic) bond motifs is 1. The first-order valence-electron chi connectivity index (χ1n) is 7.07. The third-order valence-electron chi connectivity index (χ3n) is 3.79. The summed E-state index contributed by atoms with van der Waals surface area (Å²) in [5.74, 6) is 1.94. The first kappa shape index (κ1) is 14.2. The summed E-state index contributed by atoms with van der Waals surface area (Å²) in [7, 11) is 0. The van der Waals surface area contributed by atoms with Gasteiger partial charge in [0, 0.05) is 21.1 Å². The lowest BCUT2D eigenvalue weighted by Crippen LogP contribution is -2.07. The van der Waals surface area contributed by atoms with Gasteiger partial charge in [-0.3, -0.25) is 0 Å². The fraction of sp³-hybridized carbons (Fsp3) is 0.222. The van der Waals surface area contributed by atoms with E-state index in [1.807, 2.05) is 13.8 Å². The number of hydrogen-bond donors (Lipinski definition) is 1. The first-order valence-corrected chi connectivity index (χ1v) is 7.86. The summed E-state index contributed by atoms with van der Waals surface area (Å²) in [6.07, 6.45) is 0. The molecule has 0 aliphatic carbocycles. The molecule has 0 radical (unpaired) electrons. The van der Waals surface area contributed by atoms with E-state index < -0.39 is 0 Å². The van der Waals surface area contributed by atoms with Gasteiger partial charge in [-0.25, -0.2) is 0 Å². The third kappa shape index (κ3) is 2.70. The van der Waals surface area contributed by atoms with Crippen molar-refractivity contribution >= 4 is 32.4 Å². The van der Waals surface area contributed by atoms with Crippen molar-refractivity contribution in [3.05, 3.63) is 64.0 Å². The zero-order valence-electron chi connectivity index (χ0n) is 12.4. The average Bonchev–Trinajstić information content (AvgIpc) is 2.81. The van der Waals surface area contributed by atoms with Crippen LogP contribution in [-0.4, -0.2) is 0 Å². The minimum Gasteiger partial charge on any atom is -0.466 e. The Morgan fingerprint density at radius 3 is 2.43 bits per heavy atom. The van der Waals surface area contributed by atoms with E-state index in [2.05, 4.69) is 70.6 Å². The van der Waals surface area contributed by atoms with Crippen LogP contribution in [0.15, 0.2) is 51.4 Å². The standard InChI is InChI=1S/C18H18BrNO/c1-11-10-16(13(3)21-11)12(2)20-18-9-8-17(19)14-6-4-5-7-15(14)18/h4-10,12,20H,1-3H3. The van der Waals surface area contributed by atoms with Crippen molar-refractivity contribution in [2.24, 2.45) is 0 Å². The van der Waals surface area contributed by atoms with E-state index in [1.165, 1.54) is 16.3 Å². The van der Waals surface area contributed by atoms with Crippen molar-refractivity contribution in [1.29, 1.82) is 0 Å². The molecular formula is C18H18BrNO. The van der Waals surface area contributed by atoms with Gasteiger partial charge in [-0.2, -0.15) is 0 Å². The van der Waals surface area contributed by atoms with Gasteiger partial charge in [-0.15, -0.1) is 0 Å². The normalized spacial score (nSPS) is 12.6. The molecule has 1 N–H and O–H groups in total. The fourth-order valence-corrected chi connectivity index (χ4v) is 3.26. The lowest BCUT2D eigenvalue weighted by Gasteiger charge is -2.17.